The van der Waals surface area contributed by atoms with Gasteiger partial charge in [0.15, 0.2) is 0 Å². The minimum Gasteiger partial charge on any atom is -0.318 e. The van der Waals surface area contributed by atoms with Gasteiger partial charge in [-0.2, -0.15) is 0 Å². The van der Waals surface area contributed by atoms with Gasteiger partial charge in [-0.3, -0.25) is 4.90 Å². The molecule has 0 bridgehead atoms. The van der Waals surface area contributed by atoms with E-state index >= 15 is 0 Å². The Bertz CT molecular complexity index is 78.6. The number of nitrogens with zero attached hydrogens (tertiary/aromatic N) is 1. The predicted octanol–water partition coefficient (Wildman–Crippen LogP) is -1.05. The van der Waals surface area contributed by atoms with E-state index in [0.29, 0.717) is 0 Å². The van der Waals surface area contributed by atoms with Crippen LogP contribution in [0.15, 0.2) is 0 Å². The lowest BCUT2D eigenvalue weighted by molar-refractivity contribution is 0.279. The summed E-state index contributed by atoms with van der Waals surface area (Å²) in [5.74, 6) is 0. The van der Waals surface area contributed by atoms with Crippen LogP contribution in [0.3, 0.4) is 0 Å². The van der Waals surface area contributed by atoms with E-state index in [0.717, 1.165) is 39.3 Å². The molecule has 0 aliphatic carbocycles. The Kier molecular flexibility index (Phi) is 9.80. The molecule has 80 valence electrons. The van der Waals surface area contributed by atoms with Gasteiger partial charge in [0.1, 0.15) is 0 Å². The van der Waals surface area contributed by atoms with Crippen LogP contribution in [0.5, 0.6) is 0 Å². The number of nitrogens with one attached hydrogen (secondary N) is 3. The molecule has 0 saturated heterocycles. The average molecular weight is 188 g/mol. The van der Waals surface area contributed by atoms with Gasteiger partial charge < -0.3 is 16.0 Å². The summed E-state index contributed by atoms with van der Waals surface area (Å²) in [6.45, 7) is 6.56. The van der Waals surface area contributed by atoms with Gasteiger partial charge in [-0.05, 0) is 21.1 Å². The summed E-state index contributed by atoms with van der Waals surface area (Å²) in [7, 11) is 5.98. The highest BCUT2D eigenvalue weighted by atomic mass is 15.2. The summed E-state index contributed by atoms with van der Waals surface area (Å²) in [6.07, 6.45) is 0. The Morgan fingerprint density at radius 2 is 1.00 bits per heavy atom. The summed E-state index contributed by atoms with van der Waals surface area (Å²) >= 11 is 0. The highest BCUT2D eigenvalue weighted by molar-refractivity contribution is 4.61. The Morgan fingerprint density at radius 1 is 0.692 bits per heavy atom. The molecule has 0 aromatic rings. The topological polar surface area (TPSA) is 39.3 Å². The zero-order chi connectivity index (χ0) is 9.94. The van der Waals surface area contributed by atoms with Crippen molar-refractivity contribution in [2.75, 3.05) is 60.4 Å². The van der Waals surface area contributed by atoms with Crippen molar-refractivity contribution in [3.8, 4) is 0 Å². The first kappa shape index (κ1) is 12.8. The first-order chi connectivity index (χ1) is 6.35. The third-order valence-electron chi connectivity index (χ3n) is 2.03. The second-order valence-corrected chi connectivity index (χ2v) is 3.15. The molecule has 0 aromatic heterocycles. The van der Waals surface area contributed by atoms with Crippen molar-refractivity contribution in [1.29, 1.82) is 0 Å². The van der Waals surface area contributed by atoms with Crippen LogP contribution in [0.1, 0.15) is 0 Å². The maximum Gasteiger partial charge on any atom is 0.0108 e. The highest BCUT2D eigenvalue weighted by Crippen LogP contribution is 1.84. The van der Waals surface area contributed by atoms with E-state index in [4.69, 9.17) is 0 Å². The molecule has 0 aliphatic rings. The predicted molar refractivity (Wildman–Crippen MR) is 58.2 cm³/mol. The molecule has 0 aromatic carbocycles. The van der Waals surface area contributed by atoms with Crippen LogP contribution in [0.4, 0.5) is 0 Å². The third-order valence-corrected chi connectivity index (χ3v) is 2.03. The van der Waals surface area contributed by atoms with Crippen molar-refractivity contribution in [3.63, 3.8) is 0 Å². The van der Waals surface area contributed by atoms with E-state index in [-0.39, 0.29) is 0 Å². The standard InChI is InChI=1S/C9H24N4/c1-10-4-7-13(8-5-11-2)9-6-12-3/h10-12H,4-9H2,1-3H3. The van der Waals surface area contributed by atoms with Crippen molar-refractivity contribution >= 4 is 0 Å². The molecular formula is C9H24N4. The summed E-state index contributed by atoms with van der Waals surface area (Å²) in [5, 5.41) is 9.51. The van der Waals surface area contributed by atoms with E-state index in [2.05, 4.69) is 20.9 Å². The lowest BCUT2D eigenvalue weighted by Gasteiger charge is -2.21. The van der Waals surface area contributed by atoms with Crippen molar-refractivity contribution in [3.05, 3.63) is 0 Å². The molecule has 0 heterocycles. The largest absolute Gasteiger partial charge is 0.318 e. The Morgan fingerprint density at radius 3 is 1.23 bits per heavy atom. The Balaban J connectivity index is 3.47. The van der Waals surface area contributed by atoms with Crippen LogP contribution < -0.4 is 16.0 Å². The van der Waals surface area contributed by atoms with Crippen molar-refractivity contribution in [2.24, 2.45) is 0 Å². The van der Waals surface area contributed by atoms with Crippen LogP contribution in [-0.2, 0) is 0 Å². The summed E-state index contributed by atoms with van der Waals surface area (Å²) in [6, 6.07) is 0. The zero-order valence-electron chi connectivity index (χ0n) is 9.19. The van der Waals surface area contributed by atoms with Gasteiger partial charge in [-0.25, -0.2) is 0 Å². The first-order valence-corrected chi connectivity index (χ1v) is 5.01. The third kappa shape index (κ3) is 8.18. The smallest absolute Gasteiger partial charge is 0.0108 e. The fourth-order valence-electron chi connectivity index (χ4n) is 1.15. The molecule has 0 saturated carbocycles. The normalized spacial score (nSPS) is 11.1. The van der Waals surface area contributed by atoms with Gasteiger partial charge in [0.25, 0.3) is 0 Å². The van der Waals surface area contributed by atoms with Gasteiger partial charge in [0.05, 0.1) is 0 Å². The molecule has 13 heavy (non-hydrogen) atoms. The van der Waals surface area contributed by atoms with E-state index in [1.165, 1.54) is 0 Å². The molecule has 0 fully saturated rings. The fraction of sp³-hybridized carbons (Fsp3) is 1.00. The molecule has 0 rings (SSSR count). The minimum absolute atomic E-state index is 1.06. The number of hydrogen-bond donors (Lipinski definition) is 3. The van der Waals surface area contributed by atoms with Crippen LogP contribution in [-0.4, -0.2) is 65.3 Å². The molecule has 0 aliphatic heterocycles. The van der Waals surface area contributed by atoms with Gasteiger partial charge in [-0.1, -0.05) is 0 Å². The second kappa shape index (κ2) is 9.92. The molecule has 0 radical (unpaired) electrons. The van der Waals surface area contributed by atoms with E-state index in [1.54, 1.807) is 0 Å². The van der Waals surface area contributed by atoms with Gasteiger partial charge in [-0.15, -0.1) is 0 Å². The Labute approximate surface area is 82.1 Å². The van der Waals surface area contributed by atoms with E-state index in [9.17, 15) is 0 Å². The van der Waals surface area contributed by atoms with Crippen molar-refractivity contribution in [2.45, 2.75) is 0 Å². The fourth-order valence-corrected chi connectivity index (χ4v) is 1.15. The summed E-state index contributed by atoms with van der Waals surface area (Å²) in [5.41, 5.74) is 0. The molecule has 0 amide bonds. The Hall–Kier alpha value is -0.160. The van der Waals surface area contributed by atoms with Crippen molar-refractivity contribution in [1.82, 2.24) is 20.9 Å². The maximum atomic E-state index is 3.17. The number of rotatable bonds is 9. The zero-order valence-corrected chi connectivity index (χ0v) is 9.19. The van der Waals surface area contributed by atoms with Crippen molar-refractivity contribution < 1.29 is 0 Å². The molecule has 4 heteroatoms. The van der Waals surface area contributed by atoms with Gasteiger partial charge >= 0.3 is 0 Å². The number of hydrogen-bond acceptors (Lipinski definition) is 4. The summed E-state index contributed by atoms with van der Waals surface area (Å²) < 4.78 is 0. The minimum atomic E-state index is 1.06. The summed E-state index contributed by atoms with van der Waals surface area (Å²) in [4.78, 5) is 2.45. The quantitative estimate of drug-likeness (QED) is 0.432. The van der Waals surface area contributed by atoms with E-state index < -0.39 is 0 Å². The molecule has 0 spiro atoms. The van der Waals surface area contributed by atoms with Crippen LogP contribution in [0, 0.1) is 0 Å². The molecular weight excluding hydrogens is 164 g/mol. The van der Waals surface area contributed by atoms with Crippen LogP contribution in [0.25, 0.3) is 0 Å². The lowest BCUT2D eigenvalue weighted by Crippen LogP contribution is -2.39. The monoisotopic (exact) mass is 188 g/mol. The SMILES string of the molecule is CNCCN(CCNC)CCNC. The molecule has 0 unspecified atom stereocenters. The first-order valence-electron chi connectivity index (χ1n) is 5.01. The van der Waals surface area contributed by atoms with Gasteiger partial charge in [0, 0.05) is 39.3 Å². The molecule has 4 nitrogen and oxygen atoms in total. The maximum absolute atomic E-state index is 3.17. The second-order valence-electron chi connectivity index (χ2n) is 3.15. The average Bonchev–Trinajstić information content (AvgIpc) is 2.17. The molecule has 0 atom stereocenters. The van der Waals surface area contributed by atoms with Gasteiger partial charge in [0.2, 0.25) is 0 Å². The number of likely N-dealkylation sites (N-methyl/N-ethyl adjacent to an activating group) is 3. The van der Waals surface area contributed by atoms with Crippen LogP contribution in [0.2, 0.25) is 0 Å². The lowest BCUT2D eigenvalue weighted by atomic mass is 10.4. The highest BCUT2D eigenvalue weighted by Gasteiger charge is 2.01. The molecule has 3 N–H and O–H groups in total. The van der Waals surface area contributed by atoms with E-state index in [1.807, 2.05) is 21.1 Å². The van der Waals surface area contributed by atoms with Crippen LogP contribution >= 0.6 is 0 Å².